The lowest BCUT2D eigenvalue weighted by molar-refractivity contribution is -0.394. The summed E-state index contributed by atoms with van der Waals surface area (Å²) in [7, 11) is 0. The number of hydrogen-bond donors (Lipinski definition) is 0. The average Bonchev–Trinajstić information content (AvgIpc) is 3.07. The van der Waals surface area contributed by atoms with Crippen LogP contribution < -0.4 is 14.3 Å². The Morgan fingerprint density at radius 3 is 2.23 bits per heavy atom. The van der Waals surface area contributed by atoms with Crippen molar-refractivity contribution < 1.29 is 24.1 Å². The van der Waals surface area contributed by atoms with E-state index in [9.17, 15) is 25.0 Å². The van der Waals surface area contributed by atoms with Crippen LogP contribution in [-0.2, 0) is 6.54 Å². The minimum atomic E-state index is -0.812. The number of benzene rings is 2. The van der Waals surface area contributed by atoms with Gasteiger partial charge < -0.3 is 14.0 Å². The van der Waals surface area contributed by atoms with E-state index in [0.29, 0.717) is 36.1 Å². The van der Waals surface area contributed by atoms with Crippen LogP contribution in [0.3, 0.4) is 0 Å². The topological polar surface area (TPSA) is 139 Å². The third-order valence-electron chi connectivity index (χ3n) is 4.43. The highest BCUT2D eigenvalue weighted by Gasteiger charge is 2.21. The Balaban J connectivity index is 1.84. The highest BCUT2D eigenvalue weighted by molar-refractivity contribution is 7.16. The third kappa shape index (κ3) is 3.48. The Labute approximate surface area is 172 Å². The number of nitrogens with zero attached hydrogens (tertiary/aromatic N) is 4. The lowest BCUT2D eigenvalue weighted by Gasteiger charge is -2.18. The number of rotatable bonds is 4. The fraction of sp³-hybridized carbons (Fsp3) is 0.222. The molecule has 3 aromatic rings. The number of non-ortho nitro benzene ring substituents is 2. The van der Waals surface area contributed by atoms with Gasteiger partial charge in [0.1, 0.15) is 13.2 Å². The van der Waals surface area contributed by atoms with Crippen molar-refractivity contribution in [3.05, 3.63) is 60.9 Å². The molecule has 1 aromatic heterocycles. The van der Waals surface area contributed by atoms with Crippen LogP contribution in [0.25, 0.3) is 10.2 Å². The zero-order valence-corrected chi connectivity index (χ0v) is 16.4. The van der Waals surface area contributed by atoms with Crippen LogP contribution in [0, 0.1) is 20.2 Å². The first-order chi connectivity index (χ1) is 14.4. The van der Waals surface area contributed by atoms with Crippen molar-refractivity contribution in [3.8, 4) is 11.5 Å². The summed E-state index contributed by atoms with van der Waals surface area (Å²) in [4.78, 5) is 37.7. The van der Waals surface area contributed by atoms with Crippen LogP contribution in [0.15, 0.2) is 35.3 Å². The Morgan fingerprint density at radius 2 is 1.67 bits per heavy atom. The molecule has 0 spiro atoms. The van der Waals surface area contributed by atoms with Crippen LogP contribution in [0.2, 0.25) is 0 Å². The second kappa shape index (κ2) is 7.55. The van der Waals surface area contributed by atoms with Gasteiger partial charge in [0.25, 0.3) is 17.3 Å². The van der Waals surface area contributed by atoms with Crippen LogP contribution >= 0.6 is 11.3 Å². The molecule has 0 N–H and O–H groups in total. The van der Waals surface area contributed by atoms with E-state index in [4.69, 9.17) is 9.47 Å². The molecule has 1 aliphatic rings. The van der Waals surface area contributed by atoms with Crippen molar-refractivity contribution in [2.75, 3.05) is 13.2 Å². The van der Waals surface area contributed by atoms with Crippen molar-refractivity contribution in [3.63, 3.8) is 0 Å². The highest BCUT2D eigenvalue weighted by Crippen LogP contribution is 2.35. The number of ether oxygens (including phenoxy) is 2. The maximum Gasteiger partial charge on any atom is 0.280 e. The normalized spacial score (nSPS) is 13.4. The molecule has 0 radical (unpaired) electrons. The predicted molar refractivity (Wildman–Crippen MR) is 106 cm³/mol. The number of thiazole rings is 1. The van der Waals surface area contributed by atoms with Gasteiger partial charge in [-0.2, -0.15) is 4.99 Å². The zero-order chi connectivity index (χ0) is 21.4. The number of aromatic nitrogens is 1. The number of nitro groups is 2. The first kappa shape index (κ1) is 19.5. The summed E-state index contributed by atoms with van der Waals surface area (Å²) in [6, 6.07) is 6.37. The summed E-state index contributed by atoms with van der Waals surface area (Å²) in [6.07, 6.45) is 0. The smallest absolute Gasteiger partial charge is 0.280 e. The highest BCUT2D eigenvalue weighted by atomic mass is 32.1. The maximum absolute atomic E-state index is 12.7. The second-order valence-corrected chi connectivity index (χ2v) is 7.27. The number of aryl methyl sites for hydroxylation is 1. The number of amides is 1. The van der Waals surface area contributed by atoms with E-state index < -0.39 is 27.1 Å². The number of carbonyl (C=O) groups is 1. The molecule has 30 heavy (non-hydrogen) atoms. The molecule has 0 fully saturated rings. The summed E-state index contributed by atoms with van der Waals surface area (Å²) < 4.78 is 13.8. The van der Waals surface area contributed by atoms with Gasteiger partial charge in [-0.1, -0.05) is 11.3 Å². The molecular formula is C18H14N4O7S. The van der Waals surface area contributed by atoms with Crippen molar-refractivity contribution in [1.29, 1.82) is 0 Å². The third-order valence-corrected chi connectivity index (χ3v) is 5.47. The Hall–Kier alpha value is -3.80. The Kier molecular flexibility index (Phi) is 4.91. The van der Waals surface area contributed by atoms with E-state index in [1.54, 1.807) is 4.57 Å². The second-order valence-electron chi connectivity index (χ2n) is 6.26. The van der Waals surface area contributed by atoms with Gasteiger partial charge in [0.15, 0.2) is 16.3 Å². The Morgan fingerprint density at radius 1 is 1.07 bits per heavy atom. The van der Waals surface area contributed by atoms with Gasteiger partial charge in [-0.25, -0.2) is 0 Å². The predicted octanol–water partition coefficient (Wildman–Crippen LogP) is 3.05. The Bertz CT molecular complexity index is 1250. The summed E-state index contributed by atoms with van der Waals surface area (Å²) in [6.45, 7) is 3.26. The number of carbonyl (C=O) groups excluding carboxylic acids is 1. The molecule has 0 saturated heterocycles. The molecule has 0 aliphatic carbocycles. The van der Waals surface area contributed by atoms with Crippen molar-refractivity contribution in [2.45, 2.75) is 13.5 Å². The minimum Gasteiger partial charge on any atom is -0.486 e. The first-order valence-corrected chi connectivity index (χ1v) is 9.65. The van der Waals surface area contributed by atoms with E-state index in [2.05, 4.69) is 4.99 Å². The summed E-state index contributed by atoms with van der Waals surface area (Å²) in [5.41, 5.74) is -0.542. The molecule has 0 unspecified atom stereocenters. The minimum absolute atomic E-state index is 0.234. The SMILES string of the molecule is CCn1c(=NC(=O)c2cc([N+](=O)[O-])cc([N+](=O)[O-])c2)sc2cc3c(cc21)OCCO3. The van der Waals surface area contributed by atoms with E-state index in [1.807, 2.05) is 19.1 Å². The lowest BCUT2D eigenvalue weighted by atomic mass is 10.1. The molecule has 0 atom stereocenters. The van der Waals surface area contributed by atoms with Crippen molar-refractivity contribution >= 4 is 38.8 Å². The van der Waals surface area contributed by atoms with Gasteiger partial charge in [-0.05, 0) is 6.92 Å². The van der Waals surface area contributed by atoms with E-state index in [0.717, 1.165) is 28.4 Å². The number of fused-ring (bicyclic) bond motifs is 2. The maximum atomic E-state index is 12.7. The monoisotopic (exact) mass is 430 g/mol. The van der Waals surface area contributed by atoms with E-state index >= 15 is 0 Å². The quantitative estimate of drug-likeness (QED) is 0.458. The molecule has 1 amide bonds. The first-order valence-electron chi connectivity index (χ1n) is 8.83. The van der Waals surface area contributed by atoms with Crippen molar-refractivity contribution in [1.82, 2.24) is 4.57 Å². The van der Waals surface area contributed by atoms with Gasteiger partial charge in [0.05, 0.1) is 31.7 Å². The van der Waals surface area contributed by atoms with Crippen molar-refractivity contribution in [2.24, 2.45) is 4.99 Å². The molecule has 2 heterocycles. The number of nitro benzene ring substituents is 2. The van der Waals surface area contributed by atoms with E-state index in [1.165, 1.54) is 11.3 Å². The fourth-order valence-corrected chi connectivity index (χ4v) is 4.18. The molecule has 11 nitrogen and oxygen atoms in total. The molecule has 2 aromatic carbocycles. The molecule has 1 aliphatic heterocycles. The fourth-order valence-electron chi connectivity index (χ4n) is 3.08. The van der Waals surface area contributed by atoms with Crippen LogP contribution in [0.4, 0.5) is 11.4 Å². The van der Waals surface area contributed by atoms with Gasteiger partial charge in [-0.3, -0.25) is 25.0 Å². The molecule has 12 heteroatoms. The molecule has 0 saturated carbocycles. The summed E-state index contributed by atoms with van der Waals surface area (Å²) >= 11 is 1.24. The van der Waals surface area contributed by atoms with Crippen LogP contribution in [0.1, 0.15) is 17.3 Å². The lowest BCUT2D eigenvalue weighted by Crippen LogP contribution is -2.17. The van der Waals surface area contributed by atoms with Gasteiger partial charge >= 0.3 is 0 Å². The molecule has 154 valence electrons. The van der Waals surface area contributed by atoms with Gasteiger partial charge in [0.2, 0.25) is 0 Å². The average molecular weight is 430 g/mol. The van der Waals surface area contributed by atoms with Gasteiger partial charge in [-0.15, -0.1) is 0 Å². The largest absolute Gasteiger partial charge is 0.486 e. The summed E-state index contributed by atoms with van der Waals surface area (Å²) in [5, 5.41) is 22.1. The number of hydrogen-bond acceptors (Lipinski definition) is 8. The van der Waals surface area contributed by atoms with Crippen LogP contribution in [-0.4, -0.2) is 33.5 Å². The molecule has 0 bridgehead atoms. The molecule has 4 rings (SSSR count). The van der Waals surface area contributed by atoms with Crippen LogP contribution in [0.5, 0.6) is 11.5 Å². The molecular weight excluding hydrogens is 416 g/mol. The van der Waals surface area contributed by atoms with Gasteiger partial charge in [0, 0.05) is 30.8 Å². The standard InChI is InChI=1S/C18H14N4O7S/c1-2-20-13-8-14-15(29-4-3-28-14)9-16(13)30-18(20)19-17(23)10-5-11(21(24)25)7-12(6-10)22(26)27/h5-9H,2-4H2,1H3. The zero-order valence-electron chi connectivity index (χ0n) is 15.6. The van der Waals surface area contributed by atoms with E-state index in [-0.39, 0.29) is 5.56 Å². The summed E-state index contributed by atoms with van der Waals surface area (Å²) in [5.74, 6) is 0.388.